The molecule has 0 heterocycles. The Bertz CT molecular complexity index is 533. The highest BCUT2D eigenvalue weighted by molar-refractivity contribution is 6.60. The van der Waals surface area contributed by atoms with Crippen molar-refractivity contribution in [3.63, 3.8) is 0 Å². The lowest BCUT2D eigenvalue weighted by atomic mass is 9.74. The number of rotatable bonds is 7. The van der Waals surface area contributed by atoms with Crippen LogP contribution >= 0.6 is 12.4 Å². The minimum atomic E-state index is -1.22. The molecule has 0 radical (unpaired) electrons. The Balaban J connectivity index is 0.00000264. The third kappa shape index (κ3) is 5.43. The first-order valence-electron chi connectivity index (χ1n) is 7.70. The van der Waals surface area contributed by atoms with Gasteiger partial charge in [0.2, 0.25) is 0 Å². The molecule has 0 aliphatic heterocycles. The average Bonchev–Trinajstić information content (AvgIpc) is 3.18. The predicted octanol–water partition coefficient (Wildman–Crippen LogP) is 1.75. The summed E-state index contributed by atoms with van der Waals surface area (Å²) in [4.78, 5) is 0. The van der Waals surface area contributed by atoms with E-state index in [1.54, 1.807) is 27.7 Å². The van der Waals surface area contributed by atoms with Crippen molar-refractivity contribution in [3.8, 4) is 0 Å². The van der Waals surface area contributed by atoms with Crippen LogP contribution in [0.1, 0.15) is 46.1 Å². The zero-order chi connectivity index (χ0) is 16.5. The molecule has 0 bridgehead atoms. The van der Waals surface area contributed by atoms with E-state index >= 15 is 0 Å². The van der Waals surface area contributed by atoms with Gasteiger partial charge in [-0.3, -0.25) is 0 Å². The van der Waals surface area contributed by atoms with Crippen LogP contribution in [-0.2, 0) is 11.2 Å². The van der Waals surface area contributed by atoms with Crippen LogP contribution in [0.5, 0.6) is 0 Å². The second-order valence-corrected chi connectivity index (χ2v) is 7.04. The van der Waals surface area contributed by atoms with E-state index in [9.17, 15) is 14.5 Å². The molecule has 1 aromatic rings. The molecule has 0 aromatic heterocycles. The van der Waals surface area contributed by atoms with Gasteiger partial charge in [-0.05, 0) is 63.7 Å². The molecule has 1 aromatic carbocycles. The minimum Gasteiger partial charge on any atom is -0.423 e. The molecule has 0 amide bonds. The molecule has 1 aliphatic carbocycles. The van der Waals surface area contributed by atoms with E-state index < -0.39 is 18.3 Å². The molecule has 1 saturated carbocycles. The molecular formula is C16H26BClFNO3. The summed E-state index contributed by atoms with van der Waals surface area (Å²) in [6.45, 7) is 7.16. The summed E-state index contributed by atoms with van der Waals surface area (Å²) in [6, 6.07) is 4.74. The number of halogens is 2. The van der Waals surface area contributed by atoms with Gasteiger partial charge in [0.15, 0.2) is 0 Å². The fourth-order valence-corrected chi connectivity index (χ4v) is 2.00. The molecule has 1 fully saturated rings. The van der Waals surface area contributed by atoms with Crippen LogP contribution in [0, 0.1) is 5.82 Å². The fraction of sp³-hybridized carbons (Fsp3) is 0.625. The van der Waals surface area contributed by atoms with E-state index in [0.29, 0.717) is 23.6 Å². The van der Waals surface area contributed by atoms with Crippen molar-refractivity contribution in [2.45, 2.75) is 64.3 Å². The van der Waals surface area contributed by atoms with Gasteiger partial charge in [-0.15, -0.1) is 12.4 Å². The maximum atomic E-state index is 13.5. The zero-order valence-corrected chi connectivity index (χ0v) is 14.9. The van der Waals surface area contributed by atoms with Gasteiger partial charge in [-0.2, -0.15) is 0 Å². The molecule has 0 spiro atoms. The summed E-state index contributed by atoms with van der Waals surface area (Å²) in [6.07, 6.45) is 2.27. The lowest BCUT2D eigenvalue weighted by molar-refractivity contribution is -0.0982. The van der Waals surface area contributed by atoms with Crippen LogP contribution in [0.25, 0.3) is 0 Å². The first-order valence-corrected chi connectivity index (χ1v) is 7.70. The third-order valence-corrected chi connectivity index (χ3v) is 4.41. The molecule has 0 unspecified atom stereocenters. The van der Waals surface area contributed by atoms with Gasteiger partial charge in [-0.1, -0.05) is 6.07 Å². The lowest BCUT2D eigenvalue weighted by Crippen LogP contribution is -2.53. The second-order valence-electron chi connectivity index (χ2n) is 7.04. The van der Waals surface area contributed by atoms with Crippen LogP contribution < -0.4 is 10.8 Å². The van der Waals surface area contributed by atoms with E-state index in [1.165, 1.54) is 18.2 Å². The summed E-state index contributed by atoms with van der Waals surface area (Å²) >= 11 is 0. The van der Waals surface area contributed by atoms with Gasteiger partial charge >= 0.3 is 7.12 Å². The molecule has 2 rings (SSSR count). The van der Waals surface area contributed by atoms with Crippen LogP contribution in [0.15, 0.2) is 18.2 Å². The van der Waals surface area contributed by atoms with Crippen LogP contribution in [0.2, 0.25) is 0 Å². The molecule has 0 atom stereocenters. The third-order valence-electron chi connectivity index (χ3n) is 4.41. The topological polar surface area (TPSA) is 61.7 Å². The fourth-order valence-electron chi connectivity index (χ4n) is 2.00. The highest BCUT2D eigenvalue weighted by atomic mass is 35.5. The first-order chi connectivity index (χ1) is 10.1. The molecule has 130 valence electrons. The zero-order valence-electron chi connectivity index (χ0n) is 14.1. The van der Waals surface area contributed by atoms with Gasteiger partial charge in [0.1, 0.15) is 5.82 Å². The normalized spacial score (nSPS) is 15.3. The van der Waals surface area contributed by atoms with Gasteiger partial charge in [0.25, 0.3) is 0 Å². The van der Waals surface area contributed by atoms with E-state index in [2.05, 4.69) is 5.32 Å². The number of hydrogen-bond donors (Lipinski definition) is 3. The van der Waals surface area contributed by atoms with Crippen molar-refractivity contribution >= 4 is 25.0 Å². The average molecular weight is 346 g/mol. The lowest BCUT2D eigenvalue weighted by Gasteiger charge is -2.38. The van der Waals surface area contributed by atoms with E-state index in [1.807, 2.05) is 0 Å². The van der Waals surface area contributed by atoms with Crippen molar-refractivity contribution in [3.05, 3.63) is 29.6 Å². The number of nitrogens with one attached hydrogen (secondary N) is 1. The predicted molar refractivity (Wildman–Crippen MR) is 92.6 cm³/mol. The Morgan fingerprint density at radius 3 is 2.43 bits per heavy atom. The molecule has 7 heteroatoms. The Labute approximate surface area is 144 Å². The largest absolute Gasteiger partial charge is 0.491 e. The minimum absolute atomic E-state index is 0. The quantitative estimate of drug-likeness (QED) is 0.659. The Morgan fingerprint density at radius 2 is 1.91 bits per heavy atom. The number of benzene rings is 1. The Morgan fingerprint density at radius 1 is 1.30 bits per heavy atom. The Kier molecular flexibility index (Phi) is 6.64. The summed E-state index contributed by atoms with van der Waals surface area (Å²) in [7, 11) is -1.22. The van der Waals surface area contributed by atoms with Crippen molar-refractivity contribution in [1.82, 2.24) is 5.32 Å². The summed E-state index contributed by atoms with van der Waals surface area (Å²) < 4.78 is 19.1. The monoisotopic (exact) mass is 345 g/mol. The highest BCUT2D eigenvalue weighted by Gasteiger charge is 2.40. The standard InChI is InChI=1S/C16H25BFNO3.ClH/c1-15(2,20)16(3,4)22-17(21)14-8-5-12(18)9-11(14)10-19-13-6-7-13;/h5,8-9,13,19-21H,6-7,10H2,1-4H3;1H. The van der Waals surface area contributed by atoms with Crippen LogP contribution in [0.4, 0.5) is 4.39 Å². The number of hydrogen-bond acceptors (Lipinski definition) is 4. The molecular weight excluding hydrogens is 319 g/mol. The maximum absolute atomic E-state index is 13.5. The SMILES string of the molecule is CC(C)(O)C(C)(C)OB(O)c1ccc(F)cc1CNC1CC1.Cl. The van der Waals surface area contributed by atoms with Crippen LogP contribution in [0.3, 0.4) is 0 Å². The van der Waals surface area contributed by atoms with Gasteiger partial charge in [0.05, 0.1) is 11.2 Å². The van der Waals surface area contributed by atoms with Gasteiger partial charge in [0, 0.05) is 12.6 Å². The molecule has 23 heavy (non-hydrogen) atoms. The summed E-state index contributed by atoms with van der Waals surface area (Å²) in [5.41, 5.74) is -0.888. The molecule has 0 saturated heterocycles. The molecule has 1 aliphatic rings. The van der Waals surface area contributed by atoms with Crippen LogP contribution in [-0.4, -0.2) is 34.5 Å². The highest BCUT2D eigenvalue weighted by Crippen LogP contribution is 2.25. The summed E-state index contributed by atoms with van der Waals surface area (Å²) in [5, 5.41) is 23.8. The smallest absolute Gasteiger partial charge is 0.423 e. The molecule has 3 N–H and O–H groups in total. The van der Waals surface area contributed by atoms with E-state index in [4.69, 9.17) is 4.65 Å². The van der Waals surface area contributed by atoms with Gasteiger partial charge in [-0.25, -0.2) is 4.39 Å². The maximum Gasteiger partial charge on any atom is 0.491 e. The Hall–Kier alpha value is -0.655. The molecule has 4 nitrogen and oxygen atoms in total. The van der Waals surface area contributed by atoms with Crippen molar-refractivity contribution < 1.29 is 19.2 Å². The van der Waals surface area contributed by atoms with E-state index in [-0.39, 0.29) is 18.2 Å². The number of aliphatic hydroxyl groups is 1. The van der Waals surface area contributed by atoms with Crippen molar-refractivity contribution in [1.29, 1.82) is 0 Å². The second kappa shape index (κ2) is 7.49. The summed E-state index contributed by atoms with van der Waals surface area (Å²) in [5.74, 6) is -0.342. The van der Waals surface area contributed by atoms with Gasteiger partial charge < -0.3 is 20.1 Å². The van der Waals surface area contributed by atoms with Crippen molar-refractivity contribution in [2.24, 2.45) is 0 Å². The van der Waals surface area contributed by atoms with E-state index in [0.717, 1.165) is 12.8 Å². The van der Waals surface area contributed by atoms with Crippen molar-refractivity contribution in [2.75, 3.05) is 0 Å². The first kappa shape index (κ1) is 20.4.